The van der Waals surface area contributed by atoms with Crippen molar-refractivity contribution in [3.05, 3.63) is 53.2 Å². The Hall–Kier alpha value is -2.36. The molecule has 5 nitrogen and oxygen atoms in total. The lowest BCUT2D eigenvalue weighted by molar-refractivity contribution is 0.0887. The summed E-state index contributed by atoms with van der Waals surface area (Å²) in [5.74, 6) is 1.05. The topological polar surface area (TPSA) is 62.3 Å². The molecule has 1 N–H and O–H groups in total. The van der Waals surface area contributed by atoms with E-state index >= 15 is 0 Å². The van der Waals surface area contributed by atoms with Gasteiger partial charge in [0.05, 0.1) is 18.2 Å². The molecule has 3 rings (SSSR count). The molecule has 0 aliphatic carbocycles. The van der Waals surface area contributed by atoms with Crippen molar-refractivity contribution in [2.24, 2.45) is 4.99 Å². The smallest absolute Gasteiger partial charge is 0.124 e. The molecule has 2 heterocycles. The van der Waals surface area contributed by atoms with Gasteiger partial charge in [-0.15, -0.1) is 0 Å². The first kappa shape index (κ1) is 18.4. The molecule has 1 aromatic carbocycles. The molecular weight excluding hydrogens is 340 g/mol. The van der Waals surface area contributed by atoms with E-state index in [9.17, 15) is 0 Å². The Labute approximate surface area is 156 Å². The number of benzene rings is 1. The highest BCUT2D eigenvalue weighted by Gasteiger charge is 2.20. The Morgan fingerprint density at radius 3 is 2.92 bits per heavy atom. The van der Waals surface area contributed by atoms with Crippen molar-refractivity contribution in [2.45, 2.75) is 38.8 Å². The lowest BCUT2D eigenvalue weighted by Gasteiger charge is -2.19. The van der Waals surface area contributed by atoms with Crippen LogP contribution in [-0.4, -0.2) is 31.6 Å². The van der Waals surface area contributed by atoms with E-state index in [-0.39, 0.29) is 0 Å². The maximum atomic E-state index is 8.93. The van der Waals surface area contributed by atoms with Gasteiger partial charge < -0.3 is 14.6 Å². The first-order valence-electron chi connectivity index (χ1n) is 9.00. The Morgan fingerprint density at radius 2 is 2.15 bits per heavy atom. The average Bonchev–Trinajstić information content (AvgIpc) is 3.02. The number of nitrogens with one attached hydrogen (secondary N) is 1. The van der Waals surface area contributed by atoms with Crippen molar-refractivity contribution in [1.29, 1.82) is 5.26 Å². The van der Waals surface area contributed by atoms with Crippen LogP contribution in [0.25, 0.3) is 0 Å². The highest BCUT2D eigenvalue weighted by Crippen LogP contribution is 2.25. The van der Waals surface area contributed by atoms with Crippen molar-refractivity contribution in [2.75, 3.05) is 18.6 Å². The molecule has 1 aliphatic rings. The van der Waals surface area contributed by atoms with E-state index in [1.54, 1.807) is 0 Å². The number of fused-ring (bicyclic) bond motifs is 1. The minimum Gasteiger partial charge on any atom is -0.361 e. The van der Waals surface area contributed by atoms with E-state index in [1.165, 1.54) is 6.04 Å². The van der Waals surface area contributed by atoms with Crippen LogP contribution in [-0.2, 0) is 17.9 Å². The number of hydrogen-bond acceptors (Lipinski definition) is 4. The van der Waals surface area contributed by atoms with Crippen LogP contribution in [0.15, 0.2) is 41.5 Å². The van der Waals surface area contributed by atoms with E-state index in [0.717, 1.165) is 34.8 Å². The Morgan fingerprint density at radius 1 is 1.31 bits per heavy atom. The summed E-state index contributed by atoms with van der Waals surface area (Å²) < 4.78 is 8.00. The first-order chi connectivity index (χ1) is 12.5. The number of nitrogens with zero attached hydrogens (tertiary/aromatic N) is 3. The number of anilines is 1. The van der Waals surface area contributed by atoms with Gasteiger partial charge in [0.1, 0.15) is 19.2 Å². The highest BCUT2D eigenvalue weighted by molar-refractivity contribution is 6.76. The van der Waals surface area contributed by atoms with Crippen molar-refractivity contribution in [1.82, 2.24) is 4.57 Å². The van der Waals surface area contributed by atoms with Crippen LogP contribution in [0.4, 0.5) is 5.82 Å². The lowest BCUT2D eigenvalue weighted by Crippen LogP contribution is -2.22. The van der Waals surface area contributed by atoms with Gasteiger partial charge in [-0.1, -0.05) is 37.8 Å². The van der Waals surface area contributed by atoms with Gasteiger partial charge in [-0.3, -0.25) is 4.99 Å². The van der Waals surface area contributed by atoms with Crippen LogP contribution in [0.3, 0.4) is 0 Å². The fraction of sp³-hybridized carbons (Fsp3) is 0.400. The van der Waals surface area contributed by atoms with E-state index in [0.29, 0.717) is 19.8 Å². The van der Waals surface area contributed by atoms with E-state index in [2.05, 4.69) is 58.8 Å². The number of aromatic nitrogens is 1. The molecule has 0 saturated heterocycles. The van der Waals surface area contributed by atoms with Crippen molar-refractivity contribution >= 4 is 19.6 Å². The van der Waals surface area contributed by atoms with Crippen LogP contribution in [0.2, 0.25) is 25.7 Å². The van der Waals surface area contributed by atoms with Crippen LogP contribution < -0.4 is 5.32 Å². The summed E-state index contributed by atoms with van der Waals surface area (Å²) in [7, 11) is -1.07. The van der Waals surface area contributed by atoms with Gasteiger partial charge in [-0.2, -0.15) is 5.26 Å². The molecule has 26 heavy (non-hydrogen) atoms. The normalized spacial score (nSPS) is 13.5. The number of ether oxygens (including phenoxy) is 1. The lowest BCUT2D eigenvalue weighted by atomic mass is 10.00. The summed E-state index contributed by atoms with van der Waals surface area (Å²) >= 11 is 0. The highest BCUT2D eigenvalue weighted by atomic mass is 28.3. The fourth-order valence-corrected chi connectivity index (χ4v) is 3.71. The molecule has 1 aromatic heterocycles. The molecular formula is C20H26N4OSi. The summed E-state index contributed by atoms with van der Waals surface area (Å²) in [4.78, 5) is 4.66. The molecule has 1 aliphatic heterocycles. The first-order valence-corrected chi connectivity index (χ1v) is 12.7. The zero-order chi connectivity index (χ0) is 18.6. The molecule has 0 unspecified atom stereocenters. The number of nitriles is 1. The third kappa shape index (κ3) is 4.42. The van der Waals surface area contributed by atoms with Crippen LogP contribution in [0.1, 0.15) is 16.7 Å². The average molecular weight is 367 g/mol. The van der Waals surface area contributed by atoms with E-state index in [1.807, 2.05) is 18.3 Å². The molecule has 0 amide bonds. The summed E-state index contributed by atoms with van der Waals surface area (Å²) in [5.41, 5.74) is 4.12. The van der Waals surface area contributed by atoms with E-state index < -0.39 is 8.07 Å². The van der Waals surface area contributed by atoms with Crippen LogP contribution in [0, 0.1) is 11.3 Å². The summed E-state index contributed by atoms with van der Waals surface area (Å²) in [5, 5.41) is 12.3. The molecule has 0 radical (unpaired) electrons. The Bertz CT molecular complexity index is 842. The Kier molecular flexibility index (Phi) is 5.60. The molecule has 0 atom stereocenters. The maximum absolute atomic E-state index is 8.93. The van der Waals surface area contributed by atoms with Gasteiger partial charge >= 0.3 is 0 Å². The minimum atomic E-state index is -1.07. The molecule has 2 aromatic rings. The second-order valence-corrected chi connectivity index (χ2v) is 13.4. The third-order valence-corrected chi connectivity index (χ3v) is 6.12. The number of aliphatic imine (C=N–C) groups is 1. The number of hydrogen-bond donors (Lipinski definition) is 1. The van der Waals surface area contributed by atoms with Gasteiger partial charge in [-0.25, -0.2) is 0 Å². The molecule has 0 spiro atoms. The summed E-state index contributed by atoms with van der Waals surface area (Å²) in [6, 6.07) is 13.5. The maximum Gasteiger partial charge on any atom is 0.124 e. The zero-order valence-electron chi connectivity index (χ0n) is 15.7. The molecule has 0 fully saturated rings. The fourth-order valence-electron chi connectivity index (χ4n) is 2.95. The van der Waals surface area contributed by atoms with E-state index in [4.69, 9.17) is 10.00 Å². The van der Waals surface area contributed by atoms with Crippen molar-refractivity contribution < 1.29 is 4.74 Å². The van der Waals surface area contributed by atoms with Crippen LogP contribution in [0.5, 0.6) is 0 Å². The monoisotopic (exact) mass is 366 g/mol. The molecule has 6 heteroatoms. The zero-order valence-corrected chi connectivity index (χ0v) is 16.7. The molecule has 136 valence electrons. The number of rotatable bonds is 7. The summed E-state index contributed by atoms with van der Waals surface area (Å²) in [6.45, 7) is 8.98. The minimum absolute atomic E-state index is 0.415. The van der Waals surface area contributed by atoms with Gasteiger partial charge in [0.15, 0.2) is 0 Å². The van der Waals surface area contributed by atoms with Crippen molar-refractivity contribution in [3.8, 4) is 6.07 Å². The Balaban J connectivity index is 1.74. The predicted octanol–water partition coefficient (Wildman–Crippen LogP) is 4.09. The quantitative estimate of drug-likeness (QED) is 0.593. The second-order valence-electron chi connectivity index (χ2n) is 7.77. The van der Waals surface area contributed by atoms with Gasteiger partial charge in [0, 0.05) is 32.0 Å². The molecule has 0 saturated carbocycles. The van der Waals surface area contributed by atoms with Crippen LogP contribution >= 0.6 is 0 Å². The van der Waals surface area contributed by atoms with Gasteiger partial charge in [-0.05, 0) is 23.7 Å². The third-order valence-electron chi connectivity index (χ3n) is 4.41. The van der Waals surface area contributed by atoms with Gasteiger partial charge in [0.25, 0.3) is 0 Å². The standard InChI is InChI=1S/C20H26N4OSi/c1-26(2,3)12-11-25-15-24-10-8-18-19(22-14-23-20(18)24)17-6-4-5-16(13-17)7-9-21/h4-6,8,10,13,23H,7,11-12,14-15H2,1-3H3. The van der Waals surface area contributed by atoms with Gasteiger partial charge in [0.2, 0.25) is 0 Å². The SMILES string of the molecule is C[Si](C)(C)CCOCn1ccc2c1NCN=C2c1cccc(CC#N)c1. The summed E-state index contributed by atoms with van der Waals surface area (Å²) in [6.07, 6.45) is 2.46. The largest absolute Gasteiger partial charge is 0.361 e. The molecule has 0 bridgehead atoms. The second kappa shape index (κ2) is 7.90. The predicted molar refractivity (Wildman–Crippen MR) is 108 cm³/mol. The van der Waals surface area contributed by atoms with Crippen molar-refractivity contribution in [3.63, 3.8) is 0 Å².